The van der Waals surface area contributed by atoms with Crippen LogP contribution >= 0.6 is 11.5 Å². The number of carbonyl (C=O) groups is 2. The van der Waals surface area contributed by atoms with E-state index in [4.69, 9.17) is 0 Å². The Morgan fingerprint density at radius 2 is 1.90 bits per heavy atom. The fraction of sp³-hybridized carbons (Fsp3) is 0.368. The highest BCUT2D eigenvalue weighted by Crippen LogP contribution is 2.29. The van der Waals surface area contributed by atoms with Gasteiger partial charge in [0.05, 0.1) is 6.04 Å². The quantitative estimate of drug-likeness (QED) is 0.634. The Labute approximate surface area is 180 Å². The molecular formula is C19H19FN8O2S. The second-order valence-electron chi connectivity index (χ2n) is 7.44. The minimum atomic E-state index is -0.339. The maximum Gasteiger partial charge on any atom is 0.289 e. The van der Waals surface area contributed by atoms with Gasteiger partial charge < -0.3 is 14.8 Å². The highest BCUT2D eigenvalue weighted by atomic mass is 32.1. The zero-order valence-electron chi connectivity index (χ0n) is 16.4. The van der Waals surface area contributed by atoms with Crippen molar-refractivity contribution in [3.63, 3.8) is 0 Å². The van der Waals surface area contributed by atoms with Crippen molar-refractivity contribution in [2.45, 2.75) is 19.1 Å². The third-order valence-electron chi connectivity index (χ3n) is 5.62. The molecule has 4 heterocycles. The summed E-state index contributed by atoms with van der Waals surface area (Å²) in [5, 5.41) is 16.7. The van der Waals surface area contributed by atoms with E-state index in [1.54, 1.807) is 22.4 Å². The molecule has 12 heteroatoms. The molecule has 10 nitrogen and oxygen atoms in total. The van der Waals surface area contributed by atoms with E-state index in [2.05, 4.69) is 30.0 Å². The number of rotatable bonds is 4. The van der Waals surface area contributed by atoms with Gasteiger partial charge in [0.1, 0.15) is 5.82 Å². The highest BCUT2D eigenvalue weighted by molar-refractivity contribution is 7.03. The molecule has 1 fully saturated rings. The Bertz CT molecular complexity index is 1100. The lowest BCUT2D eigenvalue weighted by atomic mass is 10.1. The van der Waals surface area contributed by atoms with Crippen LogP contribution in [0.4, 0.5) is 4.39 Å². The number of hydrogen-bond acceptors (Lipinski definition) is 8. The van der Waals surface area contributed by atoms with Crippen molar-refractivity contribution in [1.29, 1.82) is 0 Å². The molecule has 0 saturated carbocycles. The van der Waals surface area contributed by atoms with Crippen molar-refractivity contribution in [2.75, 3.05) is 26.2 Å². The van der Waals surface area contributed by atoms with E-state index < -0.39 is 0 Å². The van der Waals surface area contributed by atoms with Gasteiger partial charge in [-0.2, -0.15) is 0 Å². The summed E-state index contributed by atoms with van der Waals surface area (Å²) in [5.74, 6) is 0.101. The zero-order chi connectivity index (χ0) is 21.4. The number of fused-ring (bicyclic) bond motifs is 3. The van der Waals surface area contributed by atoms with Crippen LogP contribution in [0.5, 0.6) is 0 Å². The molecule has 1 unspecified atom stereocenters. The second kappa shape index (κ2) is 8.12. The summed E-state index contributed by atoms with van der Waals surface area (Å²) in [6.07, 6.45) is 0. The van der Waals surface area contributed by atoms with Crippen molar-refractivity contribution in [2.24, 2.45) is 0 Å². The van der Waals surface area contributed by atoms with Crippen molar-refractivity contribution < 1.29 is 14.0 Å². The number of amides is 2. The first-order valence-corrected chi connectivity index (χ1v) is 10.7. The molecule has 0 bridgehead atoms. The number of nitrogens with one attached hydrogen (secondary N) is 1. The Morgan fingerprint density at radius 1 is 1.10 bits per heavy atom. The summed E-state index contributed by atoms with van der Waals surface area (Å²) >= 11 is 1.14. The smallest absolute Gasteiger partial charge is 0.289 e. The van der Waals surface area contributed by atoms with E-state index >= 15 is 0 Å². The van der Waals surface area contributed by atoms with Gasteiger partial charge in [0.25, 0.3) is 11.8 Å². The summed E-state index contributed by atoms with van der Waals surface area (Å²) in [6, 6.07) is 5.82. The molecule has 5 rings (SSSR count). The molecule has 1 atom stereocenters. The summed E-state index contributed by atoms with van der Waals surface area (Å²) in [4.78, 5) is 29.4. The Hall–Kier alpha value is -3.25. The first kappa shape index (κ1) is 19.7. The van der Waals surface area contributed by atoms with Gasteiger partial charge in [-0.05, 0) is 29.2 Å². The van der Waals surface area contributed by atoms with Gasteiger partial charge in [-0.15, -0.1) is 15.3 Å². The van der Waals surface area contributed by atoms with Crippen LogP contribution in [0.15, 0.2) is 29.6 Å². The number of benzene rings is 1. The van der Waals surface area contributed by atoms with Crippen LogP contribution in [0.2, 0.25) is 0 Å². The van der Waals surface area contributed by atoms with Crippen LogP contribution in [0.3, 0.4) is 0 Å². The third-order valence-corrected chi connectivity index (χ3v) is 6.12. The maximum absolute atomic E-state index is 13.0. The van der Waals surface area contributed by atoms with Gasteiger partial charge in [0, 0.05) is 44.6 Å². The molecule has 3 aromatic rings. The van der Waals surface area contributed by atoms with Crippen molar-refractivity contribution in [1.82, 2.24) is 39.5 Å². The predicted molar refractivity (Wildman–Crippen MR) is 108 cm³/mol. The Kier molecular flexibility index (Phi) is 5.16. The molecule has 160 valence electrons. The van der Waals surface area contributed by atoms with Gasteiger partial charge in [-0.1, -0.05) is 16.6 Å². The normalized spacial score (nSPS) is 18.4. The lowest BCUT2D eigenvalue weighted by molar-refractivity contribution is 0.0368. The lowest BCUT2D eigenvalue weighted by Gasteiger charge is -2.43. The fourth-order valence-corrected chi connectivity index (χ4v) is 4.41. The first-order valence-electron chi connectivity index (χ1n) is 9.86. The zero-order valence-corrected chi connectivity index (χ0v) is 17.3. The molecule has 2 aliphatic rings. The molecule has 31 heavy (non-hydrogen) atoms. The number of hydrogen-bond donors (Lipinski definition) is 1. The van der Waals surface area contributed by atoms with Crippen LogP contribution in [0, 0.1) is 5.82 Å². The minimum absolute atomic E-state index is 0.135. The fourth-order valence-electron chi connectivity index (χ4n) is 3.98. The average molecular weight is 442 g/mol. The average Bonchev–Trinajstić information content (AvgIpc) is 3.48. The van der Waals surface area contributed by atoms with Gasteiger partial charge in [-0.25, -0.2) is 4.39 Å². The third kappa shape index (κ3) is 3.79. The topological polar surface area (TPSA) is 109 Å². The van der Waals surface area contributed by atoms with Gasteiger partial charge in [0.15, 0.2) is 11.5 Å². The van der Waals surface area contributed by atoms with E-state index in [1.165, 1.54) is 12.1 Å². The largest absolute Gasteiger partial charge is 0.345 e. The SMILES string of the molecule is O=C(NCc1ccc(F)cc1)c1nnc2n1CCN1CCN(C(=O)c3csnn3)CC21. The van der Waals surface area contributed by atoms with Crippen LogP contribution < -0.4 is 5.32 Å². The molecule has 0 radical (unpaired) electrons. The number of halogens is 1. The predicted octanol–water partition coefficient (Wildman–Crippen LogP) is 0.711. The summed E-state index contributed by atoms with van der Waals surface area (Å²) in [7, 11) is 0. The highest BCUT2D eigenvalue weighted by Gasteiger charge is 2.38. The number of aromatic nitrogens is 5. The molecule has 1 N–H and O–H groups in total. The second-order valence-corrected chi connectivity index (χ2v) is 8.05. The standard InChI is InChI=1S/C19H19FN8O2S/c20-13-3-1-12(2-4-13)9-21-18(29)17-24-23-16-15-10-27(19(30)14-11-31-25-22-14)6-5-26(15)7-8-28(16)17/h1-4,11,15H,5-10H2,(H,21,29). The molecule has 1 aromatic carbocycles. The summed E-state index contributed by atoms with van der Waals surface area (Å²) < 4.78 is 18.6. The van der Waals surface area contributed by atoms with E-state index in [0.717, 1.165) is 23.6 Å². The monoisotopic (exact) mass is 442 g/mol. The van der Waals surface area contributed by atoms with E-state index in [1.807, 2.05) is 4.57 Å². The lowest BCUT2D eigenvalue weighted by Crippen LogP contribution is -2.53. The molecular weight excluding hydrogens is 423 g/mol. The summed E-state index contributed by atoms with van der Waals surface area (Å²) in [5.41, 5.74) is 1.13. The molecule has 2 aromatic heterocycles. The van der Waals surface area contributed by atoms with Crippen LogP contribution in [-0.2, 0) is 13.1 Å². The van der Waals surface area contributed by atoms with Crippen molar-refractivity contribution in [3.8, 4) is 0 Å². The van der Waals surface area contributed by atoms with Crippen LogP contribution in [0.25, 0.3) is 0 Å². The van der Waals surface area contributed by atoms with Gasteiger partial charge in [-0.3, -0.25) is 14.5 Å². The number of nitrogens with zero attached hydrogens (tertiary/aromatic N) is 7. The van der Waals surface area contributed by atoms with Crippen LogP contribution in [0.1, 0.15) is 38.5 Å². The van der Waals surface area contributed by atoms with Gasteiger partial charge in [0.2, 0.25) is 5.82 Å². The first-order chi connectivity index (χ1) is 15.1. The number of piperazine rings is 1. The van der Waals surface area contributed by atoms with E-state index in [-0.39, 0.29) is 36.0 Å². The summed E-state index contributed by atoms with van der Waals surface area (Å²) in [6.45, 7) is 3.38. The molecule has 0 aliphatic carbocycles. The van der Waals surface area contributed by atoms with Crippen LogP contribution in [-0.4, -0.2) is 72.1 Å². The number of carbonyl (C=O) groups excluding carboxylic acids is 2. The Morgan fingerprint density at radius 3 is 2.68 bits per heavy atom. The Balaban J connectivity index is 1.30. The molecule has 2 amide bonds. The minimum Gasteiger partial charge on any atom is -0.345 e. The van der Waals surface area contributed by atoms with Crippen molar-refractivity contribution >= 4 is 23.3 Å². The van der Waals surface area contributed by atoms with E-state index in [9.17, 15) is 14.0 Å². The van der Waals surface area contributed by atoms with Crippen molar-refractivity contribution in [3.05, 3.63) is 58.4 Å². The molecule has 2 aliphatic heterocycles. The van der Waals surface area contributed by atoms with E-state index in [0.29, 0.717) is 37.7 Å². The molecule has 0 spiro atoms. The maximum atomic E-state index is 13.0. The van der Waals surface area contributed by atoms with Gasteiger partial charge >= 0.3 is 0 Å². The molecule has 1 saturated heterocycles.